The lowest BCUT2D eigenvalue weighted by Crippen LogP contribution is -2.20. The van der Waals surface area contributed by atoms with E-state index in [2.05, 4.69) is 11.4 Å². The van der Waals surface area contributed by atoms with Gasteiger partial charge in [-0.15, -0.1) is 5.10 Å². The smallest absolute Gasteiger partial charge is 0.227 e. The summed E-state index contributed by atoms with van der Waals surface area (Å²) in [7, 11) is 1.64. The first kappa shape index (κ1) is 19.3. The van der Waals surface area contributed by atoms with Crippen LogP contribution < -0.4 is 10.1 Å². The van der Waals surface area contributed by atoms with E-state index < -0.39 is 0 Å². The van der Waals surface area contributed by atoms with Gasteiger partial charge < -0.3 is 10.1 Å². The number of rotatable bonds is 4. The standard InChI is InChI=1S/C24H18ClFN4O/c1-31-20-12-6-16(7-13-20)22-14-21(15-4-10-19(26)11-5-15)27-24-28-23(29-30(22)24)17-2-8-18(25)9-3-17/h2-14,22H,1H3,(H,27,28,29)/t22-/m0/s1. The normalized spacial score (nSPS) is 15.1. The van der Waals surface area contributed by atoms with Gasteiger partial charge in [0.2, 0.25) is 5.95 Å². The van der Waals surface area contributed by atoms with Crippen LogP contribution in [0.25, 0.3) is 17.1 Å². The van der Waals surface area contributed by atoms with Crippen molar-refractivity contribution in [2.45, 2.75) is 6.04 Å². The number of aromatic nitrogens is 3. The average molecular weight is 433 g/mol. The summed E-state index contributed by atoms with van der Waals surface area (Å²) in [6.45, 7) is 0. The van der Waals surface area contributed by atoms with Crippen molar-refractivity contribution in [2.24, 2.45) is 0 Å². The molecule has 31 heavy (non-hydrogen) atoms. The van der Waals surface area contributed by atoms with Crippen LogP contribution in [0.3, 0.4) is 0 Å². The highest BCUT2D eigenvalue weighted by molar-refractivity contribution is 6.30. The summed E-state index contributed by atoms with van der Waals surface area (Å²) in [5, 5.41) is 8.75. The Kier molecular flexibility index (Phi) is 4.92. The van der Waals surface area contributed by atoms with E-state index in [0.29, 0.717) is 16.8 Å². The Morgan fingerprint density at radius 2 is 1.61 bits per heavy atom. The molecule has 0 unspecified atom stereocenters. The molecule has 1 atom stereocenters. The number of hydrogen-bond acceptors (Lipinski definition) is 4. The molecule has 1 aliphatic heterocycles. The molecule has 0 amide bonds. The van der Waals surface area contributed by atoms with E-state index in [4.69, 9.17) is 26.4 Å². The molecule has 0 saturated carbocycles. The largest absolute Gasteiger partial charge is 0.497 e. The van der Waals surface area contributed by atoms with Crippen LogP contribution in [0.5, 0.6) is 5.75 Å². The fraction of sp³-hybridized carbons (Fsp3) is 0.0833. The monoisotopic (exact) mass is 432 g/mol. The number of halogens is 2. The summed E-state index contributed by atoms with van der Waals surface area (Å²) in [5.41, 5.74) is 3.59. The van der Waals surface area contributed by atoms with Gasteiger partial charge >= 0.3 is 0 Å². The zero-order chi connectivity index (χ0) is 21.4. The molecular weight excluding hydrogens is 415 g/mol. The summed E-state index contributed by atoms with van der Waals surface area (Å²) in [5.74, 6) is 1.69. The molecule has 0 radical (unpaired) electrons. The van der Waals surface area contributed by atoms with Crippen molar-refractivity contribution >= 4 is 23.2 Å². The predicted octanol–water partition coefficient (Wildman–Crippen LogP) is 5.80. The van der Waals surface area contributed by atoms with Crippen LogP contribution in [0.15, 0.2) is 78.9 Å². The molecule has 7 heteroatoms. The number of nitrogens with one attached hydrogen (secondary N) is 1. The van der Waals surface area contributed by atoms with Crippen LogP contribution in [0.4, 0.5) is 10.3 Å². The molecule has 0 bridgehead atoms. The maximum absolute atomic E-state index is 13.4. The topological polar surface area (TPSA) is 52.0 Å². The van der Waals surface area contributed by atoms with Crippen molar-refractivity contribution in [1.29, 1.82) is 0 Å². The van der Waals surface area contributed by atoms with Gasteiger partial charge in [0.1, 0.15) is 17.6 Å². The Bertz CT molecular complexity index is 1250. The van der Waals surface area contributed by atoms with Crippen LogP contribution in [0, 0.1) is 5.82 Å². The molecule has 5 nitrogen and oxygen atoms in total. The lowest BCUT2D eigenvalue weighted by molar-refractivity contribution is 0.414. The highest BCUT2D eigenvalue weighted by Gasteiger charge is 2.25. The number of anilines is 1. The average Bonchev–Trinajstić information content (AvgIpc) is 3.24. The first-order valence-electron chi connectivity index (χ1n) is 9.72. The number of nitrogens with zero attached hydrogens (tertiary/aromatic N) is 3. The number of methoxy groups -OCH3 is 1. The van der Waals surface area contributed by atoms with Crippen LogP contribution in [0.1, 0.15) is 17.2 Å². The molecular formula is C24H18ClFN4O. The molecule has 1 N–H and O–H groups in total. The zero-order valence-electron chi connectivity index (χ0n) is 16.6. The third-order valence-electron chi connectivity index (χ3n) is 5.18. The van der Waals surface area contributed by atoms with Crippen molar-refractivity contribution in [3.8, 4) is 17.1 Å². The van der Waals surface area contributed by atoms with E-state index in [1.807, 2.05) is 53.2 Å². The molecule has 3 aromatic carbocycles. The van der Waals surface area contributed by atoms with E-state index in [1.54, 1.807) is 19.2 Å². The first-order valence-corrected chi connectivity index (χ1v) is 10.1. The number of ether oxygens (including phenoxy) is 1. The van der Waals surface area contributed by atoms with E-state index in [0.717, 1.165) is 28.1 Å². The fourth-order valence-corrected chi connectivity index (χ4v) is 3.68. The number of allylic oxidation sites excluding steroid dienone is 1. The minimum Gasteiger partial charge on any atom is -0.497 e. The molecule has 4 aromatic rings. The summed E-state index contributed by atoms with van der Waals surface area (Å²) < 4.78 is 20.6. The molecule has 0 spiro atoms. The van der Waals surface area contributed by atoms with Crippen molar-refractivity contribution in [2.75, 3.05) is 12.4 Å². The quantitative estimate of drug-likeness (QED) is 0.442. The van der Waals surface area contributed by atoms with E-state index in [9.17, 15) is 4.39 Å². The van der Waals surface area contributed by atoms with Crippen LogP contribution in [-0.4, -0.2) is 21.9 Å². The van der Waals surface area contributed by atoms with E-state index in [-0.39, 0.29) is 11.9 Å². The Balaban J connectivity index is 1.60. The first-order chi connectivity index (χ1) is 15.1. The molecule has 5 rings (SSSR count). The molecule has 0 saturated heterocycles. The van der Waals surface area contributed by atoms with Crippen LogP contribution >= 0.6 is 11.6 Å². The maximum Gasteiger partial charge on any atom is 0.227 e. The SMILES string of the molecule is COc1ccc([C@@H]2C=C(c3ccc(F)cc3)Nc3nc(-c4ccc(Cl)cc4)nn32)cc1. The van der Waals surface area contributed by atoms with Gasteiger partial charge in [-0.25, -0.2) is 9.07 Å². The summed E-state index contributed by atoms with van der Waals surface area (Å²) in [4.78, 5) is 4.71. The van der Waals surface area contributed by atoms with Crippen molar-refractivity contribution < 1.29 is 9.13 Å². The molecule has 0 fully saturated rings. The van der Waals surface area contributed by atoms with Gasteiger partial charge in [-0.3, -0.25) is 0 Å². The van der Waals surface area contributed by atoms with Gasteiger partial charge in [-0.2, -0.15) is 4.98 Å². The Morgan fingerprint density at radius 3 is 2.29 bits per heavy atom. The van der Waals surface area contributed by atoms with Crippen molar-refractivity contribution in [1.82, 2.24) is 14.8 Å². The molecule has 1 aromatic heterocycles. The Labute approximate surface area is 183 Å². The van der Waals surface area contributed by atoms with Gasteiger partial charge in [0.25, 0.3) is 0 Å². The highest BCUT2D eigenvalue weighted by atomic mass is 35.5. The van der Waals surface area contributed by atoms with E-state index >= 15 is 0 Å². The van der Waals surface area contributed by atoms with Gasteiger partial charge in [-0.05, 0) is 77.9 Å². The van der Waals surface area contributed by atoms with Crippen molar-refractivity contribution in [3.63, 3.8) is 0 Å². The van der Waals surface area contributed by atoms with Gasteiger partial charge in [0.05, 0.1) is 7.11 Å². The summed E-state index contributed by atoms with van der Waals surface area (Å²) in [6.07, 6.45) is 2.06. The third kappa shape index (κ3) is 3.78. The third-order valence-corrected chi connectivity index (χ3v) is 5.43. The summed E-state index contributed by atoms with van der Waals surface area (Å²) >= 11 is 6.02. The van der Waals surface area contributed by atoms with Gasteiger partial charge in [-0.1, -0.05) is 23.7 Å². The predicted molar refractivity (Wildman–Crippen MR) is 120 cm³/mol. The molecule has 2 heterocycles. The van der Waals surface area contributed by atoms with Crippen LogP contribution in [-0.2, 0) is 0 Å². The molecule has 0 aliphatic carbocycles. The Hall–Kier alpha value is -3.64. The fourth-order valence-electron chi connectivity index (χ4n) is 3.55. The lowest BCUT2D eigenvalue weighted by atomic mass is 10.0. The van der Waals surface area contributed by atoms with E-state index in [1.165, 1.54) is 12.1 Å². The Morgan fingerprint density at radius 1 is 0.935 bits per heavy atom. The minimum absolute atomic E-state index is 0.198. The second-order valence-electron chi connectivity index (χ2n) is 7.14. The molecule has 1 aliphatic rings. The number of fused-ring (bicyclic) bond motifs is 1. The number of hydrogen-bond donors (Lipinski definition) is 1. The molecule has 154 valence electrons. The second-order valence-corrected chi connectivity index (χ2v) is 7.58. The van der Waals surface area contributed by atoms with Gasteiger partial charge in [0, 0.05) is 16.3 Å². The maximum atomic E-state index is 13.4. The van der Waals surface area contributed by atoms with Gasteiger partial charge in [0.15, 0.2) is 5.82 Å². The lowest BCUT2D eigenvalue weighted by Gasteiger charge is -2.24. The second kappa shape index (κ2) is 7.89. The highest BCUT2D eigenvalue weighted by Crippen LogP contribution is 2.34. The zero-order valence-corrected chi connectivity index (χ0v) is 17.3. The van der Waals surface area contributed by atoms with Crippen LogP contribution in [0.2, 0.25) is 5.02 Å². The summed E-state index contributed by atoms with van der Waals surface area (Å²) in [6, 6.07) is 21.4. The van der Waals surface area contributed by atoms with Crippen molar-refractivity contribution in [3.05, 3.63) is 101 Å². The number of benzene rings is 3. The minimum atomic E-state index is -0.278.